The molecule has 82 valence electrons. The second-order valence-corrected chi connectivity index (χ2v) is 3.82. The van der Waals surface area contributed by atoms with E-state index >= 15 is 0 Å². The summed E-state index contributed by atoms with van der Waals surface area (Å²) in [6.07, 6.45) is 2.28. The number of carbonyl (C=O) groups excluding carboxylic acids is 1. The molecule has 2 N–H and O–H groups in total. The number of hydrogen-bond donors (Lipinski definition) is 1. The molecule has 1 unspecified atom stereocenters. The molecule has 1 atom stereocenters. The number of carbonyl (C=O) groups is 1. The minimum Gasteiger partial charge on any atom is -0.337 e. The van der Waals surface area contributed by atoms with E-state index in [1.165, 1.54) is 0 Å². The maximum Gasteiger partial charge on any atom is 0.239 e. The van der Waals surface area contributed by atoms with Crippen LogP contribution in [0, 0.1) is 11.3 Å². The van der Waals surface area contributed by atoms with E-state index < -0.39 is 0 Å². The molecule has 2 heterocycles. The summed E-state index contributed by atoms with van der Waals surface area (Å²) in [6.45, 7) is 1.19. The van der Waals surface area contributed by atoms with Crippen LogP contribution in [0.2, 0.25) is 0 Å². The Hall–Kier alpha value is -1.93. The topological polar surface area (TPSA) is 83.0 Å². The highest BCUT2D eigenvalue weighted by molar-refractivity contribution is 5.83. The molecule has 1 amide bonds. The van der Waals surface area contributed by atoms with Gasteiger partial charge >= 0.3 is 0 Å². The summed E-state index contributed by atoms with van der Waals surface area (Å²) in [5.41, 5.74) is 6.90. The molecule has 0 spiro atoms. The molecular formula is C11H12N4O. The van der Waals surface area contributed by atoms with Gasteiger partial charge in [-0.3, -0.25) is 4.79 Å². The molecular weight excluding hydrogens is 204 g/mol. The van der Waals surface area contributed by atoms with Crippen LogP contribution in [0.1, 0.15) is 17.7 Å². The van der Waals surface area contributed by atoms with Crippen molar-refractivity contribution in [2.24, 2.45) is 5.73 Å². The Morgan fingerprint density at radius 2 is 2.50 bits per heavy atom. The number of nitrogens with two attached hydrogens (primary N) is 1. The summed E-state index contributed by atoms with van der Waals surface area (Å²) < 4.78 is 0. The minimum atomic E-state index is -0.364. The van der Waals surface area contributed by atoms with Gasteiger partial charge in [0.15, 0.2) is 0 Å². The second kappa shape index (κ2) is 4.29. The van der Waals surface area contributed by atoms with Gasteiger partial charge in [-0.1, -0.05) is 0 Å². The van der Waals surface area contributed by atoms with Gasteiger partial charge in [0.1, 0.15) is 11.8 Å². The lowest BCUT2D eigenvalue weighted by Gasteiger charge is -2.15. The fourth-order valence-electron chi connectivity index (χ4n) is 1.77. The molecule has 1 aliphatic heterocycles. The van der Waals surface area contributed by atoms with Crippen molar-refractivity contribution in [2.75, 3.05) is 6.54 Å². The van der Waals surface area contributed by atoms with Crippen molar-refractivity contribution in [1.82, 2.24) is 9.88 Å². The minimum absolute atomic E-state index is 0.0182. The molecule has 5 nitrogen and oxygen atoms in total. The van der Waals surface area contributed by atoms with Gasteiger partial charge in [-0.25, -0.2) is 4.98 Å². The first-order valence-electron chi connectivity index (χ1n) is 5.10. The average Bonchev–Trinajstić information content (AvgIpc) is 2.61. The van der Waals surface area contributed by atoms with E-state index in [0.29, 0.717) is 25.2 Å². The van der Waals surface area contributed by atoms with E-state index in [0.717, 1.165) is 5.56 Å². The first-order chi connectivity index (χ1) is 7.70. The van der Waals surface area contributed by atoms with Gasteiger partial charge in [0.05, 0.1) is 6.04 Å². The number of hydrogen-bond acceptors (Lipinski definition) is 4. The predicted octanol–water partition coefficient (Wildman–Crippen LogP) is 0.0129. The SMILES string of the molecule is N#Cc1cc(CN2CCC(N)C2=O)ccn1. The van der Waals surface area contributed by atoms with Crippen LogP contribution in [0.5, 0.6) is 0 Å². The molecule has 0 radical (unpaired) electrons. The zero-order chi connectivity index (χ0) is 11.5. The van der Waals surface area contributed by atoms with Gasteiger partial charge in [-0.2, -0.15) is 5.26 Å². The molecule has 16 heavy (non-hydrogen) atoms. The predicted molar refractivity (Wildman–Crippen MR) is 57.0 cm³/mol. The summed E-state index contributed by atoms with van der Waals surface area (Å²) in [5, 5.41) is 8.70. The fourth-order valence-corrected chi connectivity index (χ4v) is 1.77. The van der Waals surface area contributed by atoms with Crippen molar-refractivity contribution in [1.29, 1.82) is 5.26 Å². The Morgan fingerprint density at radius 1 is 1.69 bits per heavy atom. The van der Waals surface area contributed by atoms with Crippen LogP contribution in [0.15, 0.2) is 18.3 Å². The number of nitrogens with zero attached hydrogens (tertiary/aromatic N) is 3. The summed E-state index contributed by atoms with van der Waals surface area (Å²) in [4.78, 5) is 17.2. The molecule has 0 aliphatic carbocycles. The standard InChI is InChI=1S/C11H12N4O/c12-6-9-5-8(1-3-14-9)7-15-4-2-10(13)11(15)16/h1,3,5,10H,2,4,7,13H2. The molecule has 0 aromatic carbocycles. The molecule has 0 bridgehead atoms. The van der Waals surface area contributed by atoms with E-state index in [1.54, 1.807) is 23.2 Å². The van der Waals surface area contributed by atoms with Gasteiger partial charge in [0.2, 0.25) is 5.91 Å². The number of likely N-dealkylation sites (tertiary alicyclic amines) is 1. The third kappa shape index (κ3) is 2.02. The maximum atomic E-state index is 11.6. The van der Waals surface area contributed by atoms with E-state index in [9.17, 15) is 4.79 Å². The summed E-state index contributed by atoms with van der Waals surface area (Å²) in [5.74, 6) is -0.0182. The van der Waals surface area contributed by atoms with E-state index in [2.05, 4.69) is 4.98 Å². The van der Waals surface area contributed by atoms with E-state index in [4.69, 9.17) is 11.0 Å². The summed E-state index contributed by atoms with van der Waals surface area (Å²) >= 11 is 0. The lowest BCUT2D eigenvalue weighted by atomic mass is 10.2. The first-order valence-corrected chi connectivity index (χ1v) is 5.10. The summed E-state index contributed by atoms with van der Waals surface area (Å²) in [7, 11) is 0. The molecule has 0 saturated carbocycles. The van der Waals surface area contributed by atoms with Crippen molar-refractivity contribution in [3.63, 3.8) is 0 Å². The molecule has 5 heteroatoms. The lowest BCUT2D eigenvalue weighted by Crippen LogP contribution is -2.33. The Balaban J connectivity index is 2.10. The van der Waals surface area contributed by atoms with Gasteiger partial charge in [-0.05, 0) is 24.1 Å². The number of amides is 1. The Labute approximate surface area is 93.5 Å². The van der Waals surface area contributed by atoms with Gasteiger partial charge < -0.3 is 10.6 Å². The van der Waals surface area contributed by atoms with Crippen LogP contribution in [0.25, 0.3) is 0 Å². The van der Waals surface area contributed by atoms with E-state index in [1.807, 2.05) is 6.07 Å². The third-order valence-corrected chi connectivity index (χ3v) is 2.65. The van der Waals surface area contributed by atoms with E-state index in [-0.39, 0.29) is 11.9 Å². The van der Waals surface area contributed by atoms with Gasteiger partial charge in [0.25, 0.3) is 0 Å². The van der Waals surface area contributed by atoms with Crippen LogP contribution in [0.3, 0.4) is 0 Å². The van der Waals surface area contributed by atoms with Crippen LogP contribution >= 0.6 is 0 Å². The van der Waals surface area contributed by atoms with Crippen LogP contribution < -0.4 is 5.73 Å². The lowest BCUT2D eigenvalue weighted by molar-refractivity contribution is -0.129. The molecule has 1 aromatic heterocycles. The van der Waals surface area contributed by atoms with Crippen molar-refractivity contribution in [2.45, 2.75) is 19.0 Å². The van der Waals surface area contributed by atoms with Crippen LogP contribution in [0.4, 0.5) is 0 Å². The van der Waals surface area contributed by atoms with Crippen molar-refractivity contribution in [3.8, 4) is 6.07 Å². The molecule has 1 fully saturated rings. The number of pyridine rings is 1. The van der Waals surface area contributed by atoms with Crippen LogP contribution in [-0.2, 0) is 11.3 Å². The zero-order valence-electron chi connectivity index (χ0n) is 8.76. The number of aromatic nitrogens is 1. The Bertz CT molecular complexity index is 452. The zero-order valence-corrected chi connectivity index (χ0v) is 8.76. The number of rotatable bonds is 2. The number of nitriles is 1. The largest absolute Gasteiger partial charge is 0.337 e. The highest BCUT2D eigenvalue weighted by Gasteiger charge is 2.28. The highest BCUT2D eigenvalue weighted by atomic mass is 16.2. The van der Waals surface area contributed by atoms with Gasteiger partial charge in [0, 0.05) is 19.3 Å². The molecule has 1 aliphatic rings. The molecule has 1 aromatic rings. The van der Waals surface area contributed by atoms with Crippen molar-refractivity contribution in [3.05, 3.63) is 29.6 Å². The fraction of sp³-hybridized carbons (Fsp3) is 0.364. The average molecular weight is 216 g/mol. The second-order valence-electron chi connectivity index (χ2n) is 3.82. The smallest absolute Gasteiger partial charge is 0.239 e. The molecule has 1 saturated heterocycles. The van der Waals surface area contributed by atoms with Crippen LogP contribution in [-0.4, -0.2) is 28.4 Å². The molecule has 2 rings (SSSR count). The Kier molecular flexibility index (Phi) is 2.84. The normalized spacial score (nSPS) is 19.9. The van der Waals surface area contributed by atoms with Crippen molar-refractivity contribution < 1.29 is 4.79 Å². The monoisotopic (exact) mass is 216 g/mol. The summed E-state index contributed by atoms with van der Waals surface area (Å²) in [6, 6.07) is 5.10. The third-order valence-electron chi connectivity index (χ3n) is 2.65. The first kappa shape index (κ1) is 10.6. The quantitative estimate of drug-likeness (QED) is 0.755. The highest BCUT2D eigenvalue weighted by Crippen LogP contribution is 2.13. The Morgan fingerprint density at radius 3 is 3.12 bits per heavy atom. The maximum absolute atomic E-state index is 11.6. The van der Waals surface area contributed by atoms with Gasteiger partial charge in [-0.15, -0.1) is 0 Å². The van der Waals surface area contributed by atoms with Crippen molar-refractivity contribution >= 4 is 5.91 Å².